The van der Waals surface area contributed by atoms with E-state index in [9.17, 15) is 10.2 Å². The number of hydrogen-bond acceptors (Lipinski definition) is 5. The van der Waals surface area contributed by atoms with Gasteiger partial charge in [0, 0.05) is 18.9 Å². The summed E-state index contributed by atoms with van der Waals surface area (Å²) in [7, 11) is 1.70. The molecule has 0 aliphatic carbocycles. The topological polar surface area (TPSA) is 78.3 Å². The maximum atomic E-state index is 9.51. The van der Waals surface area contributed by atoms with E-state index in [1.165, 1.54) is 12.4 Å². The molecule has 0 spiro atoms. The zero-order chi connectivity index (χ0) is 9.68. The van der Waals surface area contributed by atoms with E-state index < -0.39 is 12.2 Å². The number of aromatic nitrogens is 2. The maximum absolute atomic E-state index is 9.51. The molecule has 0 aliphatic rings. The molecular formula is C8H13N3O2. The van der Waals surface area contributed by atoms with Gasteiger partial charge in [-0.2, -0.15) is 0 Å². The van der Waals surface area contributed by atoms with Crippen LogP contribution in [0, 0.1) is 0 Å². The lowest BCUT2D eigenvalue weighted by atomic mass is 10.2. The SMILES string of the molecule is CNCC(O)C(O)c1ncccn1. The largest absolute Gasteiger partial charge is 0.389 e. The Balaban J connectivity index is 2.62. The summed E-state index contributed by atoms with van der Waals surface area (Å²) in [4.78, 5) is 7.67. The van der Waals surface area contributed by atoms with Crippen LogP contribution in [0.2, 0.25) is 0 Å². The highest BCUT2D eigenvalue weighted by Crippen LogP contribution is 2.10. The van der Waals surface area contributed by atoms with Crippen LogP contribution in [0.25, 0.3) is 0 Å². The lowest BCUT2D eigenvalue weighted by molar-refractivity contribution is 0.0149. The molecule has 1 aromatic rings. The van der Waals surface area contributed by atoms with Crippen molar-refractivity contribution in [3.63, 3.8) is 0 Å². The zero-order valence-electron chi connectivity index (χ0n) is 7.38. The molecule has 72 valence electrons. The highest BCUT2D eigenvalue weighted by atomic mass is 16.3. The summed E-state index contributed by atoms with van der Waals surface area (Å²) in [5.74, 6) is 0.241. The van der Waals surface area contributed by atoms with E-state index in [2.05, 4.69) is 15.3 Å². The van der Waals surface area contributed by atoms with Crippen molar-refractivity contribution >= 4 is 0 Å². The quantitative estimate of drug-likeness (QED) is 0.563. The summed E-state index contributed by atoms with van der Waals surface area (Å²) < 4.78 is 0. The Morgan fingerprint density at radius 3 is 2.54 bits per heavy atom. The Morgan fingerprint density at radius 2 is 2.00 bits per heavy atom. The Hall–Kier alpha value is -1.04. The molecule has 2 unspecified atom stereocenters. The van der Waals surface area contributed by atoms with Crippen LogP contribution in [0.1, 0.15) is 11.9 Å². The Bertz CT molecular complexity index is 242. The summed E-state index contributed by atoms with van der Waals surface area (Å²) in [5, 5.41) is 21.6. The Morgan fingerprint density at radius 1 is 1.38 bits per heavy atom. The monoisotopic (exact) mass is 183 g/mol. The molecule has 0 bridgehead atoms. The van der Waals surface area contributed by atoms with Gasteiger partial charge in [0.05, 0.1) is 6.10 Å². The molecule has 3 N–H and O–H groups in total. The van der Waals surface area contributed by atoms with Crippen molar-refractivity contribution in [1.29, 1.82) is 0 Å². The standard InChI is InChI=1S/C8H13N3O2/c1-9-5-6(12)7(13)8-10-3-2-4-11-8/h2-4,6-7,9,12-13H,5H2,1H3. The molecule has 13 heavy (non-hydrogen) atoms. The van der Waals surface area contributed by atoms with Crippen molar-refractivity contribution in [1.82, 2.24) is 15.3 Å². The third-order valence-corrected chi connectivity index (χ3v) is 1.63. The van der Waals surface area contributed by atoms with Crippen molar-refractivity contribution < 1.29 is 10.2 Å². The minimum absolute atomic E-state index is 0.241. The van der Waals surface area contributed by atoms with E-state index in [0.717, 1.165) is 0 Å². The van der Waals surface area contributed by atoms with Gasteiger partial charge in [-0.3, -0.25) is 0 Å². The minimum Gasteiger partial charge on any atom is -0.389 e. The van der Waals surface area contributed by atoms with Crippen LogP contribution in [0.5, 0.6) is 0 Å². The number of hydrogen-bond donors (Lipinski definition) is 3. The van der Waals surface area contributed by atoms with E-state index >= 15 is 0 Å². The zero-order valence-corrected chi connectivity index (χ0v) is 7.38. The van der Waals surface area contributed by atoms with Gasteiger partial charge < -0.3 is 15.5 Å². The normalized spacial score (nSPS) is 15.3. The molecule has 0 saturated carbocycles. The first-order valence-electron chi connectivity index (χ1n) is 4.03. The van der Waals surface area contributed by atoms with Crippen molar-refractivity contribution in [3.05, 3.63) is 24.3 Å². The Kier molecular flexibility index (Phi) is 3.75. The van der Waals surface area contributed by atoms with Gasteiger partial charge in [-0.05, 0) is 13.1 Å². The molecule has 0 amide bonds. The fourth-order valence-electron chi connectivity index (χ4n) is 0.956. The number of likely N-dealkylation sites (N-methyl/N-ethyl adjacent to an activating group) is 1. The highest BCUT2D eigenvalue weighted by Gasteiger charge is 2.19. The summed E-state index contributed by atoms with van der Waals surface area (Å²) in [6.45, 7) is 0.305. The average Bonchev–Trinajstić information content (AvgIpc) is 2.18. The van der Waals surface area contributed by atoms with Crippen LogP contribution in [-0.2, 0) is 0 Å². The second kappa shape index (κ2) is 4.86. The van der Waals surface area contributed by atoms with Crippen LogP contribution in [0.15, 0.2) is 18.5 Å². The fraction of sp³-hybridized carbons (Fsp3) is 0.500. The van der Waals surface area contributed by atoms with Gasteiger partial charge in [0.1, 0.15) is 6.10 Å². The minimum atomic E-state index is -1.03. The first kappa shape index (κ1) is 10.0. The Labute approximate surface area is 76.5 Å². The van der Waals surface area contributed by atoms with Gasteiger partial charge in [0.25, 0.3) is 0 Å². The van der Waals surface area contributed by atoms with E-state index in [4.69, 9.17) is 0 Å². The van der Waals surface area contributed by atoms with Crippen molar-refractivity contribution in [3.8, 4) is 0 Å². The van der Waals surface area contributed by atoms with Gasteiger partial charge in [-0.15, -0.1) is 0 Å². The predicted octanol–water partition coefficient (Wildman–Crippen LogP) is -0.910. The molecule has 2 atom stereocenters. The predicted molar refractivity (Wildman–Crippen MR) is 46.9 cm³/mol. The van der Waals surface area contributed by atoms with Crippen LogP contribution < -0.4 is 5.32 Å². The molecule has 0 aromatic carbocycles. The second-order valence-electron chi connectivity index (χ2n) is 2.68. The fourth-order valence-corrected chi connectivity index (χ4v) is 0.956. The molecule has 5 nitrogen and oxygen atoms in total. The molecule has 1 rings (SSSR count). The van der Waals surface area contributed by atoms with Crippen molar-refractivity contribution in [2.45, 2.75) is 12.2 Å². The maximum Gasteiger partial charge on any atom is 0.159 e. The summed E-state index contributed by atoms with van der Waals surface area (Å²) in [6.07, 6.45) is 1.14. The van der Waals surface area contributed by atoms with E-state index in [1.54, 1.807) is 13.1 Å². The molecule has 0 aliphatic heterocycles. The smallest absolute Gasteiger partial charge is 0.159 e. The van der Waals surface area contributed by atoms with Crippen molar-refractivity contribution in [2.75, 3.05) is 13.6 Å². The van der Waals surface area contributed by atoms with Gasteiger partial charge in [-0.25, -0.2) is 9.97 Å². The van der Waals surface area contributed by atoms with E-state index in [-0.39, 0.29) is 5.82 Å². The first-order chi connectivity index (χ1) is 6.25. The molecule has 5 heteroatoms. The number of rotatable bonds is 4. The molecule has 1 aromatic heterocycles. The average molecular weight is 183 g/mol. The summed E-state index contributed by atoms with van der Waals surface area (Å²) in [6, 6.07) is 1.65. The molecule has 0 saturated heterocycles. The third-order valence-electron chi connectivity index (χ3n) is 1.63. The lowest BCUT2D eigenvalue weighted by Gasteiger charge is -2.15. The van der Waals surface area contributed by atoms with Gasteiger partial charge in [0.15, 0.2) is 5.82 Å². The molecule has 0 radical (unpaired) electrons. The number of aliphatic hydroxyl groups excluding tert-OH is 2. The van der Waals surface area contributed by atoms with Gasteiger partial charge in [0.2, 0.25) is 0 Å². The van der Waals surface area contributed by atoms with Crippen molar-refractivity contribution in [2.24, 2.45) is 0 Å². The van der Waals surface area contributed by atoms with Gasteiger partial charge in [-0.1, -0.05) is 0 Å². The number of nitrogens with zero attached hydrogens (tertiary/aromatic N) is 2. The summed E-state index contributed by atoms with van der Waals surface area (Å²) in [5.41, 5.74) is 0. The van der Waals surface area contributed by atoms with E-state index in [0.29, 0.717) is 6.54 Å². The lowest BCUT2D eigenvalue weighted by Crippen LogP contribution is -2.30. The van der Waals surface area contributed by atoms with Crippen LogP contribution in [-0.4, -0.2) is 39.9 Å². The highest BCUT2D eigenvalue weighted by molar-refractivity contribution is 4.95. The number of nitrogens with one attached hydrogen (secondary N) is 1. The van der Waals surface area contributed by atoms with Crippen LogP contribution in [0.4, 0.5) is 0 Å². The molecule has 0 fully saturated rings. The van der Waals surface area contributed by atoms with Crippen LogP contribution in [0.3, 0.4) is 0 Å². The first-order valence-corrected chi connectivity index (χ1v) is 4.03. The second-order valence-corrected chi connectivity index (χ2v) is 2.68. The van der Waals surface area contributed by atoms with Gasteiger partial charge >= 0.3 is 0 Å². The third kappa shape index (κ3) is 2.73. The molecule has 1 heterocycles. The number of aliphatic hydroxyl groups is 2. The van der Waals surface area contributed by atoms with E-state index in [1.807, 2.05) is 0 Å². The summed E-state index contributed by atoms with van der Waals surface area (Å²) >= 11 is 0. The van der Waals surface area contributed by atoms with Crippen LogP contribution >= 0.6 is 0 Å². The molecular weight excluding hydrogens is 170 g/mol.